The third-order valence-electron chi connectivity index (χ3n) is 11.9. The molecule has 3 aromatic carbocycles. The number of aromatic nitrogens is 6. The molecule has 61 heavy (non-hydrogen) atoms. The van der Waals surface area contributed by atoms with Gasteiger partial charge < -0.3 is 29.6 Å². The first-order chi connectivity index (χ1) is 29.5. The van der Waals surface area contributed by atoms with Gasteiger partial charge in [-0.3, -0.25) is 10.1 Å². The summed E-state index contributed by atoms with van der Waals surface area (Å²) in [5, 5.41) is 49.8. The number of hydrogen-bond donors (Lipinski definition) is 4. The van der Waals surface area contributed by atoms with E-state index in [9.17, 15) is 20.1 Å². The van der Waals surface area contributed by atoms with E-state index < -0.39 is 24.3 Å². The van der Waals surface area contributed by atoms with Crippen molar-refractivity contribution in [1.82, 2.24) is 40.5 Å². The summed E-state index contributed by atoms with van der Waals surface area (Å²) in [5.74, 6) is 0.351. The molecule has 5 atom stereocenters. The number of thiazole rings is 1. The van der Waals surface area contributed by atoms with Crippen molar-refractivity contribution < 1.29 is 24.6 Å². The predicted molar refractivity (Wildman–Crippen MR) is 233 cm³/mol. The van der Waals surface area contributed by atoms with Crippen molar-refractivity contribution >= 4 is 34.1 Å². The number of likely N-dealkylation sites (tertiary alicyclic amines) is 1. The van der Waals surface area contributed by atoms with Crippen LogP contribution in [-0.4, -0.2) is 94.4 Å². The number of fused-ring (bicyclic) bond motifs is 1. The zero-order chi connectivity index (χ0) is 42.4. The molecule has 4 aromatic heterocycles. The number of aromatic hydroxyl groups is 1. The fraction of sp³-hybridized carbons (Fsp3) is 0.326. The predicted octanol–water partition coefficient (Wildman–Crippen LogP) is 6.85. The van der Waals surface area contributed by atoms with Gasteiger partial charge in [-0.05, 0) is 67.1 Å². The molecule has 9 rings (SSSR count). The summed E-state index contributed by atoms with van der Waals surface area (Å²) in [4.78, 5) is 32.7. The number of rotatable bonds is 12. The van der Waals surface area contributed by atoms with Crippen LogP contribution in [0.1, 0.15) is 67.7 Å². The Morgan fingerprint density at radius 2 is 1.67 bits per heavy atom. The lowest BCUT2D eigenvalue weighted by Crippen LogP contribution is -2.51. The van der Waals surface area contributed by atoms with Gasteiger partial charge in [0.2, 0.25) is 11.9 Å². The van der Waals surface area contributed by atoms with Crippen molar-refractivity contribution in [3.63, 3.8) is 0 Å². The molecule has 0 radical (unpaired) electrons. The van der Waals surface area contributed by atoms with E-state index in [-0.39, 0.29) is 42.5 Å². The van der Waals surface area contributed by atoms with Crippen LogP contribution in [0.15, 0.2) is 101 Å². The van der Waals surface area contributed by atoms with E-state index in [1.807, 2.05) is 69.6 Å². The van der Waals surface area contributed by atoms with E-state index >= 15 is 0 Å². The van der Waals surface area contributed by atoms with Gasteiger partial charge in [-0.25, -0.2) is 15.0 Å². The summed E-state index contributed by atoms with van der Waals surface area (Å²) in [7, 11) is 0. The highest BCUT2D eigenvalue weighted by molar-refractivity contribution is 7.13. The number of hydrogen-bond acceptors (Lipinski definition) is 14. The van der Waals surface area contributed by atoms with Crippen molar-refractivity contribution in [2.24, 2.45) is 5.92 Å². The van der Waals surface area contributed by atoms with Crippen LogP contribution in [-0.2, 0) is 4.79 Å². The van der Waals surface area contributed by atoms with Crippen LogP contribution in [0, 0.1) is 12.8 Å². The third kappa shape index (κ3) is 8.09. The SMILES string of the molecule is Cc1ncsc1-c1ccc([C@H](C)NC(O)[C@@H]2C[C@@H](O)CN2C(=O)[C@H](c2cc(-c3cnc(N4CC(c5ccc6cc(-c7ccccc7O)nnc6c5)C4)nc3)no2)C(C)C)cc1. The van der Waals surface area contributed by atoms with Gasteiger partial charge in [0.25, 0.3) is 0 Å². The average Bonchev–Trinajstić information content (AvgIpc) is 4.01. The number of anilines is 1. The molecule has 15 heteroatoms. The molecule has 312 valence electrons. The molecule has 14 nitrogen and oxygen atoms in total. The zero-order valence-corrected chi connectivity index (χ0v) is 35.1. The number of aliphatic hydroxyl groups excluding tert-OH is 2. The van der Waals surface area contributed by atoms with Crippen LogP contribution in [0.25, 0.3) is 43.9 Å². The Bertz CT molecular complexity index is 2660. The summed E-state index contributed by atoms with van der Waals surface area (Å²) in [6, 6.07) is 24.3. The summed E-state index contributed by atoms with van der Waals surface area (Å²) in [6.07, 6.45) is 1.81. The van der Waals surface area contributed by atoms with Gasteiger partial charge in [-0.1, -0.05) is 67.5 Å². The lowest BCUT2D eigenvalue weighted by atomic mass is 9.91. The van der Waals surface area contributed by atoms with E-state index in [4.69, 9.17) is 4.52 Å². The first-order valence-corrected chi connectivity index (χ1v) is 21.4. The molecule has 4 N–H and O–H groups in total. The molecule has 0 aliphatic carbocycles. The van der Waals surface area contributed by atoms with Crippen molar-refractivity contribution in [3.05, 3.63) is 119 Å². The Hall–Kier alpha value is -6.13. The first-order valence-electron chi connectivity index (χ1n) is 20.5. The minimum Gasteiger partial charge on any atom is -0.507 e. The lowest BCUT2D eigenvalue weighted by Gasteiger charge is -2.39. The minimum atomic E-state index is -1.08. The van der Waals surface area contributed by atoms with E-state index in [0.717, 1.165) is 51.3 Å². The van der Waals surface area contributed by atoms with Crippen LogP contribution in [0.5, 0.6) is 5.75 Å². The Balaban J connectivity index is 0.827. The number of phenolic OH excluding ortho intramolecular Hbond substituents is 1. The number of aryl methyl sites for hydroxylation is 1. The minimum absolute atomic E-state index is 0.104. The topological polar surface area (TPSA) is 187 Å². The zero-order valence-electron chi connectivity index (χ0n) is 34.3. The number of amides is 1. The van der Waals surface area contributed by atoms with E-state index in [2.05, 4.69) is 64.8 Å². The highest BCUT2D eigenvalue weighted by atomic mass is 32.1. The van der Waals surface area contributed by atoms with Crippen molar-refractivity contribution in [2.75, 3.05) is 24.5 Å². The molecule has 6 heterocycles. The largest absolute Gasteiger partial charge is 0.507 e. The number of β-amino-alcohol motifs (C(OH)–C–C–N with tert-alkyl or cyclic N) is 1. The Kier molecular flexibility index (Phi) is 11.0. The monoisotopic (exact) mass is 837 g/mol. The second kappa shape index (κ2) is 16.7. The number of aliphatic hydroxyl groups is 2. The highest BCUT2D eigenvalue weighted by Crippen LogP contribution is 2.36. The molecule has 0 bridgehead atoms. The van der Waals surface area contributed by atoms with Crippen LogP contribution in [0.4, 0.5) is 5.95 Å². The maximum absolute atomic E-state index is 14.3. The Labute approximate surface area is 357 Å². The van der Waals surface area contributed by atoms with E-state index in [1.165, 1.54) is 0 Å². The molecule has 2 aliphatic heterocycles. The Morgan fingerprint density at radius 3 is 2.39 bits per heavy atom. The smallest absolute Gasteiger partial charge is 0.234 e. The molecule has 1 unspecified atom stereocenters. The second-order valence-corrected chi connectivity index (χ2v) is 17.3. The van der Waals surface area contributed by atoms with Gasteiger partial charge in [-0.15, -0.1) is 21.5 Å². The van der Waals surface area contributed by atoms with Gasteiger partial charge in [0.15, 0.2) is 0 Å². The summed E-state index contributed by atoms with van der Waals surface area (Å²) in [6.45, 7) is 9.44. The van der Waals surface area contributed by atoms with Gasteiger partial charge in [0.1, 0.15) is 29.3 Å². The third-order valence-corrected chi connectivity index (χ3v) is 12.9. The maximum Gasteiger partial charge on any atom is 0.234 e. The fourth-order valence-corrected chi connectivity index (χ4v) is 9.26. The van der Waals surface area contributed by atoms with E-state index in [0.29, 0.717) is 34.2 Å². The molecule has 2 fully saturated rings. The van der Waals surface area contributed by atoms with Gasteiger partial charge in [0.05, 0.1) is 39.4 Å². The van der Waals surface area contributed by atoms with Crippen molar-refractivity contribution in [2.45, 2.75) is 70.4 Å². The number of phenols is 1. The van der Waals surface area contributed by atoms with Crippen LogP contribution in [0.2, 0.25) is 0 Å². The van der Waals surface area contributed by atoms with Gasteiger partial charge in [-0.2, -0.15) is 0 Å². The van der Waals surface area contributed by atoms with Crippen LogP contribution in [0.3, 0.4) is 0 Å². The Morgan fingerprint density at radius 1 is 0.902 bits per heavy atom. The number of nitrogens with one attached hydrogen (secondary N) is 1. The second-order valence-electron chi connectivity index (χ2n) is 16.4. The number of carbonyl (C=O) groups is 1. The van der Waals surface area contributed by atoms with Crippen molar-refractivity contribution in [1.29, 1.82) is 0 Å². The number of carbonyl (C=O) groups excluding carboxylic acids is 1. The normalized spacial score (nSPS) is 18.4. The average molecular weight is 838 g/mol. The van der Waals surface area contributed by atoms with E-state index in [1.54, 1.807) is 46.8 Å². The quantitative estimate of drug-likeness (QED) is 0.0937. The molecular weight excluding hydrogens is 791 g/mol. The molecule has 2 saturated heterocycles. The first kappa shape index (κ1) is 40.3. The number of benzene rings is 3. The lowest BCUT2D eigenvalue weighted by molar-refractivity contribution is -0.138. The highest BCUT2D eigenvalue weighted by Gasteiger charge is 2.43. The summed E-state index contributed by atoms with van der Waals surface area (Å²) < 4.78 is 5.82. The van der Waals surface area contributed by atoms with Gasteiger partial charge >= 0.3 is 0 Å². The molecular formula is C46H47N9O5S. The molecule has 1 amide bonds. The summed E-state index contributed by atoms with van der Waals surface area (Å²) >= 11 is 1.60. The van der Waals surface area contributed by atoms with Crippen molar-refractivity contribution in [3.8, 4) is 38.7 Å². The molecule has 7 aromatic rings. The molecule has 0 saturated carbocycles. The summed E-state index contributed by atoms with van der Waals surface area (Å²) in [5.41, 5.74) is 9.29. The molecule has 0 spiro atoms. The standard InChI is InChI=1S/C46H47N9O5S/c1-25(2)42(45(59)55-23-34(56)17-39(55)44(58)50-26(3)28-9-11-29(12-10-28)43-27(4)49-24-61-43)41-18-37(53-60-41)32-19-47-46(48-20-32)54-21-33(22-54)30-13-14-31-16-38(52-51-36(31)15-30)35-7-5-6-8-40(35)57/h5-16,18-20,24-26,33-34,39,42,44,50,56-58H,17,21-23H2,1-4H3/t26-,34+,39-,42-,44?/m0/s1. The van der Waals surface area contributed by atoms with Gasteiger partial charge in [0, 0.05) is 66.6 Å². The fourth-order valence-electron chi connectivity index (χ4n) is 8.45. The number of nitrogens with zero attached hydrogens (tertiary/aromatic N) is 8. The number of para-hydroxylation sites is 1. The van der Waals surface area contributed by atoms with Crippen LogP contribution >= 0.6 is 11.3 Å². The van der Waals surface area contributed by atoms with Crippen LogP contribution < -0.4 is 10.2 Å². The maximum atomic E-state index is 14.3. The molecule has 2 aliphatic rings.